The zero-order valence-corrected chi connectivity index (χ0v) is 24.2. The van der Waals surface area contributed by atoms with Crippen molar-refractivity contribution in [1.82, 2.24) is 4.57 Å². The predicted octanol–water partition coefficient (Wildman–Crippen LogP) is 10.0. The first-order valence-electron chi connectivity index (χ1n) is 16.0. The minimum absolute atomic E-state index is 1.14. The Balaban J connectivity index is 1.53. The highest BCUT2D eigenvalue weighted by atomic mass is 15.1. The number of hydrogen-bond donors (Lipinski definition) is 0. The van der Waals surface area contributed by atoms with Gasteiger partial charge in [0, 0.05) is 6.42 Å². The van der Waals surface area contributed by atoms with Crippen LogP contribution in [-0.2, 0) is 25.9 Å². The normalized spacial score (nSPS) is 11.4. The fourth-order valence-corrected chi connectivity index (χ4v) is 5.45. The Morgan fingerprint density at radius 1 is 0.556 bits per heavy atom. The van der Waals surface area contributed by atoms with E-state index in [2.05, 4.69) is 65.7 Å². The summed E-state index contributed by atoms with van der Waals surface area (Å²) in [6.07, 6.45) is 33.9. The molecule has 2 rings (SSSR count). The maximum atomic E-state index is 2.55. The second-order valence-electron chi connectivity index (χ2n) is 11.1. The molecule has 2 aromatic rings. The van der Waals surface area contributed by atoms with E-state index in [1.54, 1.807) is 5.82 Å². The first-order chi connectivity index (χ1) is 17.8. The minimum atomic E-state index is 1.14. The Kier molecular flexibility index (Phi) is 18.3. The van der Waals surface area contributed by atoms with Gasteiger partial charge in [0.15, 0.2) is 0 Å². The summed E-state index contributed by atoms with van der Waals surface area (Å²) in [6.45, 7) is 6.92. The number of nitrogens with zero attached hydrogens (tertiary/aromatic N) is 2. The summed E-state index contributed by atoms with van der Waals surface area (Å²) in [7, 11) is 0. The number of imidazole rings is 1. The number of hydrogen-bond acceptors (Lipinski definition) is 0. The Morgan fingerprint density at radius 2 is 1.08 bits per heavy atom. The van der Waals surface area contributed by atoms with Crippen LogP contribution in [0.25, 0.3) is 0 Å². The van der Waals surface area contributed by atoms with Gasteiger partial charge in [-0.1, -0.05) is 147 Å². The summed E-state index contributed by atoms with van der Waals surface area (Å²) in [6, 6.07) is 10.9. The highest BCUT2D eigenvalue weighted by Crippen LogP contribution is 2.14. The molecular formula is C34H59N2+. The van der Waals surface area contributed by atoms with E-state index in [9.17, 15) is 0 Å². The quantitative estimate of drug-likeness (QED) is 0.101. The van der Waals surface area contributed by atoms with Crippen LogP contribution in [0.4, 0.5) is 0 Å². The van der Waals surface area contributed by atoms with Crippen molar-refractivity contribution in [1.29, 1.82) is 0 Å². The van der Waals surface area contributed by atoms with E-state index < -0.39 is 0 Å². The van der Waals surface area contributed by atoms with Gasteiger partial charge in [-0.3, -0.25) is 0 Å². The summed E-state index contributed by atoms with van der Waals surface area (Å²) in [5, 5.41) is 0. The lowest BCUT2D eigenvalue weighted by Crippen LogP contribution is -2.37. The molecule has 0 saturated heterocycles. The lowest BCUT2D eigenvalue weighted by atomic mass is 10.0. The Morgan fingerprint density at radius 3 is 1.64 bits per heavy atom. The first kappa shape index (κ1) is 30.7. The van der Waals surface area contributed by atoms with Crippen LogP contribution < -0.4 is 4.57 Å². The topological polar surface area (TPSA) is 8.81 Å². The lowest BCUT2D eigenvalue weighted by Gasteiger charge is -2.06. The first-order valence-corrected chi connectivity index (χ1v) is 16.0. The molecule has 2 heteroatoms. The van der Waals surface area contributed by atoms with Crippen molar-refractivity contribution in [2.75, 3.05) is 0 Å². The molecule has 0 fully saturated rings. The number of benzene rings is 1. The molecule has 0 spiro atoms. The van der Waals surface area contributed by atoms with Crippen LogP contribution in [0.3, 0.4) is 0 Å². The molecule has 0 N–H and O–H groups in total. The van der Waals surface area contributed by atoms with E-state index in [1.165, 1.54) is 147 Å². The van der Waals surface area contributed by atoms with Crippen molar-refractivity contribution in [2.45, 2.75) is 162 Å². The maximum Gasteiger partial charge on any atom is 0.256 e. The van der Waals surface area contributed by atoms with Gasteiger partial charge in [0.1, 0.15) is 12.4 Å². The summed E-state index contributed by atoms with van der Waals surface area (Å²) < 4.78 is 5.08. The van der Waals surface area contributed by atoms with Crippen molar-refractivity contribution in [3.05, 3.63) is 54.1 Å². The van der Waals surface area contributed by atoms with E-state index in [0.717, 1.165) is 6.54 Å². The lowest BCUT2D eigenvalue weighted by molar-refractivity contribution is -0.704. The average molecular weight is 496 g/mol. The van der Waals surface area contributed by atoms with Gasteiger partial charge < -0.3 is 0 Å². The standard InChI is InChI=1S/C34H59N2/c1-3-5-7-8-9-10-11-12-13-14-15-16-17-18-19-23-28-34-35(29-6-4-2)31-32-36(34)30-24-27-33-25-21-20-22-26-33/h20-22,25-26,31-32H,3-19,23-24,27-30H2,1-2H3/q+1. The second-order valence-corrected chi connectivity index (χ2v) is 11.1. The van der Waals surface area contributed by atoms with Crippen molar-refractivity contribution >= 4 is 0 Å². The van der Waals surface area contributed by atoms with Crippen LogP contribution in [0.5, 0.6) is 0 Å². The molecule has 0 bridgehead atoms. The SMILES string of the molecule is CCCCCCCCCCCCCCCCCCc1n(CCCC)cc[n+]1CCCc1ccccc1. The van der Waals surface area contributed by atoms with E-state index in [4.69, 9.17) is 0 Å². The number of rotatable bonds is 24. The molecule has 0 aliphatic heterocycles. The van der Waals surface area contributed by atoms with Gasteiger partial charge in [-0.2, -0.15) is 0 Å². The molecule has 36 heavy (non-hydrogen) atoms. The maximum absolute atomic E-state index is 2.55. The fourth-order valence-electron chi connectivity index (χ4n) is 5.45. The summed E-state index contributed by atoms with van der Waals surface area (Å²) in [5.74, 6) is 1.56. The monoisotopic (exact) mass is 495 g/mol. The molecule has 0 radical (unpaired) electrons. The van der Waals surface area contributed by atoms with Crippen molar-refractivity contribution < 1.29 is 4.57 Å². The van der Waals surface area contributed by atoms with E-state index in [1.807, 2.05) is 0 Å². The van der Waals surface area contributed by atoms with Crippen LogP contribution in [0.15, 0.2) is 42.7 Å². The highest BCUT2D eigenvalue weighted by molar-refractivity contribution is 5.14. The molecule has 2 nitrogen and oxygen atoms in total. The van der Waals surface area contributed by atoms with Crippen LogP contribution in [0.1, 0.15) is 147 Å². The molecule has 1 aromatic heterocycles. The second kappa shape index (κ2) is 21.5. The molecule has 0 atom stereocenters. The molecule has 0 amide bonds. The number of unbranched alkanes of at least 4 members (excludes halogenated alkanes) is 16. The molecule has 0 aliphatic carbocycles. The van der Waals surface area contributed by atoms with Gasteiger partial charge in [0.25, 0.3) is 5.82 Å². The zero-order valence-electron chi connectivity index (χ0n) is 24.2. The van der Waals surface area contributed by atoms with Crippen molar-refractivity contribution in [3.8, 4) is 0 Å². The molecule has 0 unspecified atom stereocenters. The smallest absolute Gasteiger partial charge is 0.234 e. The zero-order chi connectivity index (χ0) is 25.5. The summed E-state index contributed by atoms with van der Waals surface area (Å²) in [4.78, 5) is 0. The van der Waals surface area contributed by atoms with Crippen LogP contribution in [0, 0.1) is 0 Å². The molecule has 0 aliphatic rings. The highest BCUT2D eigenvalue weighted by Gasteiger charge is 2.16. The number of aryl methyl sites for hydroxylation is 3. The Labute approximate surface area is 224 Å². The van der Waals surface area contributed by atoms with Crippen LogP contribution in [-0.4, -0.2) is 4.57 Å². The van der Waals surface area contributed by atoms with Gasteiger partial charge in [0.2, 0.25) is 0 Å². The van der Waals surface area contributed by atoms with Crippen LogP contribution in [0.2, 0.25) is 0 Å². The summed E-state index contributed by atoms with van der Waals surface area (Å²) >= 11 is 0. The third-order valence-electron chi connectivity index (χ3n) is 7.80. The molecule has 1 aromatic carbocycles. The largest absolute Gasteiger partial charge is 0.256 e. The summed E-state index contributed by atoms with van der Waals surface area (Å²) in [5.41, 5.74) is 1.46. The van der Waals surface area contributed by atoms with Crippen molar-refractivity contribution in [2.24, 2.45) is 0 Å². The third kappa shape index (κ3) is 14.2. The van der Waals surface area contributed by atoms with Crippen LogP contribution >= 0.6 is 0 Å². The Hall–Kier alpha value is -1.57. The average Bonchev–Trinajstić information content (AvgIpc) is 3.29. The predicted molar refractivity (Wildman–Crippen MR) is 158 cm³/mol. The van der Waals surface area contributed by atoms with E-state index in [0.29, 0.717) is 0 Å². The molecular weight excluding hydrogens is 436 g/mol. The van der Waals surface area contributed by atoms with Gasteiger partial charge in [-0.25, -0.2) is 9.13 Å². The number of aromatic nitrogens is 2. The van der Waals surface area contributed by atoms with E-state index >= 15 is 0 Å². The van der Waals surface area contributed by atoms with Gasteiger partial charge in [0.05, 0.1) is 13.1 Å². The van der Waals surface area contributed by atoms with Gasteiger partial charge >= 0.3 is 0 Å². The fraction of sp³-hybridized carbons (Fsp3) is 0.735. The molecule has 0 saturated carbocycles. The minimum Gasteiger partial charge on any atom is -0.234 e. The molecule has 1 heterocycles. The van der Waals surface area contributed by atoms with Gasteiger partial charge in [-0.05, 0) is 31.2 Å². The third-order valence-corrected chi connectivity index (χ3v) is 7.80. The van der Waals surface area contributed by atoms with Gasteiger partial charge in [-0.15, -0.1) is 0 Å². The Bertz CT molecular complexity index is 733. The van der Waals surface area contributed by atoms with E-state index in [-0.39, 0.29) is 0 Å². The van der Waals surface area contributed by atoms with Crippen molar-refractivity contribution in [3.63, 3.8) is 0 Å². The molecule has 204 valence electrons.